The largest absolute Gasteiger partial charge is 0.455 e. The van der Waals surface area contributed by atoms with Crippen LogP contribution in [0, 0.1) is 0 Å². The maximum atomic E-state index is 6.94. The number of aromatic nitrogens is 5. The topological polar surface area (TPSA) is 69.6 Å². The molecule has 0 amide bonds. The van der Waals surface area contributed by atoms with Crippen molar-refractivity contribution in [2.24, 2.45) is 0 Å². The highest BCUT2D eigenvalue weighted by Gasteiger charge is 2.24. The molecule has 216 valence electrons. The summed E-state index contributed by atoms with van der Waals surface area (Å²) in [6, 6.07) is 43.5. The fourth-order valence-electron chi connectivity index (χ4n) is 6.39. The molecule has 0 aliphatic carbocycles. The van der Waals surface area contributed by atoms with Crippen LogP contribution in [0.2, 0.25) is 0 Å². The van der Waals surface area contributed by atoms with E-state index in [1.807, 2.05) is 42.5 Å². The lowest BCUT2D eigenvalue weighted by Gasteiger charge is -2.12. The van der Waals surface area contributed by atoms with Gasteiger partial charge in [-0.3, -0.25) is 14.5 Å². The molecule has 9 aromatic rings. The van der Waals surface area contributed by atoms with Crippen LogP contribution >= 0.6 is 0 Å². The van der Waals surface area contributed by atoms with E-state index in [0.29, 0.717) is 5.82 Å². The summed E-state index contributed by atoms with van der Waals surface area (Å²) in [5.74, 6) is 2.24. The highest BCUT2D eigenvalue weighted by atomic mass is 16.3. The molecule has 0 bridgehead atoms. The van der Waals surface area contributed by atoms with Crippen LogP contribution < -0.4 is 0 Å². The van der Waals surface area contributed by atoms with Gasteiger partial charge in [0.15, 0.2) is 5.82 Å². The second kappa shape index (κ2) is 10.6. The zero-order valence-electron chi connectivity index (χ0n) is 24.6. The molecule has 5 aromatic heterocycles. The summed E-state index contributed by atoms with van der Waals surface area (Å²) in [7, 11) is 0. The zero-order valence-corrected chi connectivity index (χ0v) is 24.6. The molecule has 0 atom stereocenters. The lowest BCUT2D eigenvalue weighted by Crippen LogP contribution is -2.02. The Hall–Kier alpha value is -6.40. The SMILES string of the molecule is c1ccc(-c2oc3c(ccc4c3c3ccccc3n4-c3cc(-c4ccncc4)nc(-c4ccncc4)n3)c2-c2ccccc2)cc1. The standard InChI is InChI=1S/C40H25N5O/c1-3-9-27(10-4-1)36-31-15-16-34-37(39(31)46-38(36)28-11-5-2-6-12-28)30-13-7-8-14-33(30)45(34)35-25-32(26-17-21-41-22-18-26)43-40(44-35)29-19-23-42-24-20-29/h1-25H. The van der Waals surface area contributed by atoms with Crippen LogP contribution in [0.4, 0.5) is 0 Å². The number of nitrogens with zero attached hydrogens (tertiary/aromatic N) is 5. The van der Waals surface area contributed by atoms with Crippen LogP contribution in [0.1, 0.15) is 0 Å². The summed E-state index contributed by atoms with van der Waals surface area (Å²) < 4.78 is 9.15. The van der Waals surface area contributed by atoms with Crippen LogP contribution in [-0.4, -0.2) is 24.5 Å². The van der Waals surface area contributed by atoms with Crippen molar-refractivity contribution >= 4 is 32.8 Å². The van der Waals surface area contributed by atoms with E-state index < -0.39 is 0 Å². The molecule has 0 aliphatic heterocycles. The van der Waals surface area contributed by atoms with Crippen molar-refractivity contribution in [2.45, 2.75) is 0 Å². The van der Waals surface area contributed by atoms with Gasteiger partial charge in [0.1, 0.15) is 17.2 Å². The van der Waals surface area contributed by atoms with E-state index in [1.54, 1.807) is 24.8 Å². The Bertz CT molecular complexity index is 2450. The number of fused-ring (bicyclic) bond motifs is 5. The van der Waals surface area contributed by atoms with E-state index in [2.05, 4.69) is 99.5 Å². The predicted octanol–water partition coefficient (Wildman–Crippen LogP) is 9.78. The molecule has 0 unspecified atom stereocenters. The molecule has 4 aromatic carbocycles. The first-order chi connectivity index (χ1) is 22.8. The van der Waals surface area contributed by atoms with Crippen molar-refractivity contribution in [1.29, 1.82) is 0 Å². The van der Waals surface area contributed by atoms with Gasteiger partial charge in [0.25, 0.3) is 0 Å². The first-order valence-corrected chi connectivity index (χ1v) is 15.1. The summed E-state index contributed by atoms with van der Waals surface area (Å²) in [6.45, 7) is 0. The van der Waals surface area contributed by atoms with Gasteiger partial charge in [-0.1, -0.05) is 78.9 Å². The second-order valence-electron chi connectivity index (χ2n) is 11.1. The molecule has 0 saturated carbocycles. The number of rotatable bonds is 5. The van der Waals surface area contributed by atoms with Crippen molar-refractivity contribution in [3.8, 4) is 50.9 Å². The number of hydrogen-bond donors (Lipinski definition) is 0. The first kappa shape index (κ1) is 26.0. The maximum absolute atomic E-state index is 6.94. The summed E-state index contributed by atoms with van der Waals surface area (Å²) in [5.41, 5.74) is 8.78. The maximum Gasteiger partial charge on any atom is 0.162 e. The Balaban J connectivity index is 1.38. The normalized spacial score (nSPS) is 11.5. The third-order valence-electron chi connectivity index (χ3n) is 8.45. The molecule has 0 radical (unpaired) electrons. The molecule has 6 nitrogen and oxygen atoms in total. The fraction of sp³-hybridized carbons (Fsp3) is 0. The molecular weight excluding hydrogens is 566 g/mol. The number of para-hydroxylation sites is 1. The summed E-state index contributed by atoms with van der Waals surface area (Å²) in [4.78, 5) is 18.6. The number of pyridine rings is 2. The minimum atomic E-state index is 0.620. The van der Waals surface area contributed by atoms with Gasteiger partial charge in [-0.05, 0) is 48.0 Å². The van der Waals surface area contributed by atoms with E-state index in [4.69, 9.17) is 14.4 Å². The van der Waals surface area contributed by atoms with Gasteiger partial charge in [-0.25, -0.2) is 9.97 Å². The van der Waals surface area contributed by atoms with Gasteiger partial charge in [0, 0.05) is 63.9 Å². The zero-order chi connectivity index (χ0) is 30.5. The minimum Gasteiger partial charge on any atom is -0.455 e. The van der Waals surface area contributed by atoms with Crippen LogP contribution in [0.5, 0.6) is 0 Å². The van der Waals surface area contributed by atoms with E-state index in [-0.39, 0.29) is 0 Å². The smallest absolute Gasteiger partial charge is 0.162 e. The van der Waals surface area contributed by atoms with Crippen LogP contribution in [0.25, 0.3) is 83.7 Å². The van der Waals surface area contributed by atoms with Crippen molar-refractivity contribution in [3.63, 3.8) is 0 Å². The van der Waals surface area contributed by atoms with E-state index in [9.17, 15) is 0 Å². The quantitative estimate of drug-likeness (QED) is 0.199. The van der Waals surface area contributed by atoms with Crippen molar-refractivity contribution in [2.75, 3.05) is 0 Å². The summed E-state index contributed by atoms with van der Waals surface area (Å²) in [6.07, 6.45) is 7.10. The number of furan rings is 1. The van der Waals surface area contributed by atoms with E-state index in [0.717, 1.165) is 77.9 Å². The van der Waals surface area contributed by atoms with Crippen LogP contribution in [0.15, 0.2) is 157 Å². The van der Waals surface area contributed by atoms with Crippen LogP contribution in [0.3, 0.4) is 0 Å². The molecule has 0 saturated heterocycles. The number of hydrogen-bond acceptors (Lipinski definition) is 5. The monoisotopic (exact) mass is 591 g/mol. The average Bonchev–Trinajstić information content (AvgIpc) is 3.69. The number of benzene rings is 4. The molecule has 0 spiro atoms. The first-order valence-electron chi connectivity index (χ1n) is 15.1. The highest BCUT2D eigenvalue weighted by molar-refractivity contribution is 6.22. The third kappa shape index (κ3) is 4.19. The van der Waals surface area contributed by atoms with Gasteiger partial charge < -0.3 is 4.42 Å². The van der Waals surface area contributed by atoms with E-state index in [1.165, 1.54) is 0 Å². The summed E-state index contributed by atoms with van der Waals surface area (Å²) in [5, 5.41) is 3.20. The molecular formula is C40H25N5O. The van der Waals surface area contributed by atoms with Gasteiger partial charge in [0.05, 0.1) is 22.1 Å². The Morgan fingerprint density at radius 2 is 1.15 bits per heavy atom. The minimum absolute atomic E-state index is 0.620. The second-order valence-corrected chi connectivity index (χ2v) is 11.1. The van der Waals surface area contributed by atoms with Crippen molar-refractivity contribution in [3.05, 3.63) is 152 Å². The molecule has 0 fully saturated rings. The lowest BCUT2D eigenvalue weighted by atomic mass is 9.98. The molecule has 9 rings (SSSR count). The molecule has 0 aliphatic rings. The van der Waals surface area contributed by atoms with Gasteiger partial charge in [0.2, 0.25) is 0 Å². The Morgan fingerprint density at radius 1 is 0.500 bits per heavy atom. The molecule has 46 heavy (non-hydrogen) atoms. The Kier molecular flexibility index (Phi) is 6.03. The fourth-order valence-corrected chi connectivity index (χ4v) is 6.39. The lowest BCUT2D eigenvalue weighted by molar-refractivity contribution is 0.636. The molecule has 6 heteroatoms. The molecule has 5 heterocycles. The van der Waals surface area contributed by atoms with E-state index >= 15 is 0 Å². The van der Waals surface area contributed by atoms with Gasteiger partial charge in [-0.2, -0.15) is 0 Å². The van der Waals surface area contributed by atoms with Gasteiger partial charge >= 0.3 is 0 Å². The Morgan fingerprint density at radius 3 is 1.89 bits per heavy atom. The van der Waals surface area contributed by atoms with Crippen molar-refractivity contribution in [1.82, 2.24) is 24.5 Å². The predicted molar refractivity (Wildman–Crippen MR) is 183 cm³/mol. The Labute approximate surface area is 264 Å². The van der Waals surface area contributed by atoms with Crippen LogP contribution in [-0.2, 0) is 0 Å². The van der Waals surface area contributed by atoms with Gasteiger partial charge in [-0.15, -0.1) is 0 Å². The van der Waals surface area contributed by atoms with Crippen molar-refractivity contribution < 1.29 is 4.42 Å². The third-order valence-corrected chi connectivity index (χ3v) is 8.45. The highest BCUT2D eigenvalue weighted by Crippen LogP contribution is 2.46. The molecule has 0 N–H and O–H groups in total. The summed E-state index contributed by atoms with van der Waals surface area (Å²) >= 11 is 0. The average molecular weight is 592 g/mol.